The zero-order valence-electron chi connectivity index (χ0n) is 13.2. The molecule has 2 nitrogen and oxygen atoms in total. The molecule has 0 amide bonds. The van der Waals surface area contributed by atoms with E-state index >= 15 is 4.39 Å². The average molecular weight is 288 g/mol. The lowest BCUT2D eigenvalue weighted by Crippen LogP contribution is -2.41. The average Bonchev–Trinajstić information content (AvgIpc) is 3.19. The number of allylic oxidation sites excluding steroid dienone is 1. The van der Waals surface area contributed by atoms with Crippen LogP contribution in [0, 0.1) is 5.92 Å². The van der Waals surface area contributed by atoms with Gasteiger partial charge in [-0.3, -0.25) is 0 Å². The molecule has 1 heterocycles. The third kappa shape index (κ3) is 2.67. The Kier molecular flexibility index (Phi) is 3.49. The van der Waals surface area contributed by atoms with E-state index in [1.165, 1.54) is 0 Å². The Balaban J connectivity index is 1.96. The van der Waals surface area contributed by atoms with E-state index in [4.69, 9.17) is 9.31 Å². The molecule has 0 N–H and O–H groups in total. The van der Waals surface area contributed by atoms with Crippen molar-refractivity contribution >= 4 is 12.7 Å². The van der Waals surface area contributed by atoms with Crippen molar-refractivity contribution in [2.45, 2.75) is 51.7 Å². The summed E-state index contributed by atoms with van der Waals surface area (Å²) in [5.41, 5.74) is 0.407. The van der Waals surface area contributed by atoms with Crippen LogP contribution in [0.2, 0.25) is 0 Å². The molecule has 112 valence electrons. The highest BCUT2D eigenvalue weighted by molar-refractivity contribution is 6.55. The summed E-state index contributed by atoms with van der Waals surface area (Å²) in [6.45, 7) is 7.78. The van der Waals surface area contributed by atoms with Gasteiger partial charge in [-0.1, -0.05) is 30.3 Å². The highest BCUT2D eigenvalue weighted by Crippen LogP contribution is 2.47. The Morgan fingerprint density at radius 3 is 2.05 bits per heavy atom. The van der Waals surface area contributed by atoms with Gasteiger partial charge in [0.1, 0.15) is 5.73 Å². The van der Waals surface area contributed by atoms with Gasteiger partial charge < -0.3 is 9.31 Å². The van der Waals surface area contributed by atoms with Crippen molar-refractivity contribution in [3.05, 3.63) is 41.6 Å². The molecule has 1 aliphatic carbocycles. The van der Waals surface area contributed by atoms with Crippen molar-refractivity contribution in [1.29, 1.82) is 0 Å². The maximum absolute atomic E-state index is 15.1. The third-order valence-corrected chi connectivity index (χ3v) is 4.79. The van der Waals surface area contributed by atoms with Crippen LogP contribution in [0.4, 0.5) is 4.39 Å². The number of hydrogen-bond acceptors (Lipinski definition) is 2. The van der Waals surface area contributed by atoms with E-state index in [1.807, 2.05) is 58.0 Å². The Bertz CT molecular complexity index is 545. The van der Waals surface area contributed by atoms with E-state index in [0.717, 1.165) is 24.0 Å². The van der Waals surface area contributed by atoms with Gasteiger partial charge in [-0.05, 0) is 57.6 Å². The molecule has 0 aromatic heterocycles. The molecule has 1 saturated carbocycles. The molecule has 3 rings (SSSR count). The minimum absolute atomic E-state index is 0.262. The monoisotopic (exact) mass is 288 g/mol. The van der Waals surface area contributed by atoms with Crippen molar-refractivity contribution in [3.8, 4) is 0 Å². The first kappa shape index (κ1) is 14.8. The lowest BCUT2D eigenvalue weighted by Gasteiger charge is -2.32. The van der Waals surface area contributed by atoms with Crippen LogP contribution in [0.15, 0.2) is 36.1 Å². The number of halogens is 1. The number of hydrogen-bond donors (Lipinski definition) is 0. The first-order chi connectivity index (χ1) is 9.82. The van der Waals surface area contributed by atoms with Crippen LogP contribution < -0.4 is 0 Å². The highest BCUT2D eigenvalue weighted by Gasteiger charge is 2.54. The van der Waals surface area contributed by atoms with Crippen molar-refractivity contribution in [1.82, 2.24) is 0 Å². The van der Waals surface area contributed by atoms with Gasteiger partial charge in [0.05, 0.1) is 11.2 Å². The van der Waals surface area contributed by atoms with E-state index in [2.05, 4.69) is 0 Å². The first-order valence-electron chi connectivity index (χ1n) is 7.62. The van der Waals surface area contributed by atoms with Crippen LogP contribution in [-0.2, 0) is 9.31 Å². The summed E-state index contributed by atoms with van der Waals surface area (Å²) in [6, 6.07) is 9.74. The molecule has 0 unspecified atom stereocenters. The SMILES string of the molecule is CC1(C)OB(C(F)=C(c2ccccc2)C2CC2)OC1(C)C. The number of rotatable bonds is 3. The van der Waals surface area contributed by atoms with Gasteiger partial charge in [-0.15, -0.1) is 0 Å². The fraction of sp³-hybridized carbons (Fsp3) is 0.529. The predicted octanol–water partition coefficient (Wildman–Crippen LogP) is 4.41. The summed E-state index contributed by atoms with van der Waals surface area (Å²) in [5.74, 6) is 0.298. The molecule has 1 aromatic rings. The Labute approximate surface area is 126 Å². The Morgan fingerprint density at radius 1 is 1.05 bits per heavy atom. The van der Waals surface area contributed by atoms with Crippen LogP contribution in [0.25, 0.3) is 5.57 Å². The first-order valence-corrected chi connectivity index (χ1v) is 7.62. The lowest BCUT2D eigenvalue weighted by molar-refractivity contribution is 0.00578. The molecular weight excluding hydrogens is 266 g/mol. The summed E-state index contributed by atoms with van der Waals surface area (Å²) in [5, 5.41) is 0. The van der Waals surface area contributed by atoms with Gasteiger partial charge in [0.2, 0.25) is 0 Å². The maximum Gasteiger partial charge on any atom is 0.525 e. The molecule has 2 fully saturated rings. The van der Waals surface area contributed by atoms with Crippen LogP contribution in [0.5, 0.6) is 0 Å². The molecule has 1 aliphatic heterocycles. The molecule has 2 aliphatic rings. The van der Waals surface area contributed by atoms with Gasteiger partial charge in [0.25, 0.3) is 0 Å². The molecule has 4 heteroatoms. The summed E-state index contributed by atoms with van der Waals surface area (Å²) in [4.78, 5) is 0. The maximum atomic E-state index is 15.1. The lowest BCUT2D eigenvalue weighted by atomic mass is 9.81. The molecule has 0 atom stereocenters. The van der Waals surface area contributed by atoms with E-state index < -0.39 is 18.3 Å². The minimum Gasteiger partial charge on any atom is -0.398 e. The van der Waals surface area contributed by atoms with E-state index in [-0.39, 0.29) is 5.73 Å². The van der Waals surface area contributed by atoms with Crippen molar-refractivity contribution < 1.29 is 13.7 Å². The second-order valence-corrected chi connectivity index (χ2v) is 6.99. The zero-order valence-corrected chi connectivity index (χ0v) is 13.2. The summed E-state index contributed by atoms with van der Waals surface area (Å²) >= 11 is 0. The van der Waals surface area contributed by atoms with Crippen LogP contribution in [0.1, 0.15) is 46.1 Å². The van der Waals surface area contributed by atoms with Crippen LogP contribution in [0.3, 0.4) is 0 Å². The predicted molar refractivity (Wildman–Crippen MR) is 83.3 cm³/mol. The quantitative estimate of drug-likeness (QED) is 0.767. The standard InChI is InChI=1S/C17H22BFO2/c1-16(2)17(3,4)21-18(20-16)15(19)14(13-10-11-13)12-8-6-5-7-9-12/h5-9,13H,10-11H2,1-4H3. The molecule has 0 bridgehead atoms. The van der Waals surface area contributed by atoms with Crippen molar-refractivity contribution in [2.75, 3.05) is 0 Å². The van der Waals surface area contributed by atoms with Gasteiger partial charge in [-0.25, -0.2) is 4.39 Å². The minimum atomic E-state index is -0.897. The van der Waals surface area contributed by atoms with Crippen LogP contribution >= 0.6 is 0 Å². The molecular formula is C17H22BFO2. The Morgan fingerprint density at radius 2 is 1.57 bits per heavy atom. The third-order valence-electron chi connectivity index (χ3n) is 4.79. The van der Waals surface area contributed by atoms with Gasteiger partial charge in [0.15, 0.2) is 0 Å². The van der Waals surface area contributed by atoms with Crippen LogP contribution in [-0.4, -0.2) is 18.3 Å². The summed E-state index contributed by atoms with van der Waals surface area (Å²) in [6.07, 6.45) is 2.08. The van der Waals surface area contributed by atoms with Gasteiger partial charge in [0, 0.05) is 0 Å². The van der Waals surface area contributed by atoms with E-state index in [1.54, 1.807) is 0 Å². The van der Waals surface area contributed by atoms with Crippen molar-refractivity contribution in [2.24, 2.45) is 5.92 Å². The molecule has 0 radical (unpaired) electrons. The zero-order chi connectivity index (χ0) is 15.3. The van der Waals surface area contributed by atoms with Crippen molar-refractivity contribution in [3.63, 3.8) is 0 Å². The highest BCUT2D eigenvalue weighted by atomic mass is 19.1. The molecule has 1 saturated heterocycles. The van der Waals surface area contributed by atoms with E-state index in [9.17, 15) is 0 Å². The Hall–Kier alpha value is -1.13. The van der Waals surface area contributed by atoms with E-state index in [0.29, 0.717) is 5.92 Å². The van der Waals surface area contributed by atoms with Gasteiger partial charge >= 0.3 is 7.12 Å². The number of benzene rings is 1. The normalized spacial score (nSPS) is 24.9. The largest absolute Gasteiger partial charge is 0.525 e. The second-order valence-electron chi connectivity index (χ2n) is 6.99. The summed E-state index contributed by atoms with van der Waals surface area (Å²) < 4.78 is 26.8. The molecule has 1 aromatic carbocycles. The smallest absolute Gasteiger partial charge is 0.398 e. The summed E-state index contributed by atoms with van der Waals surface area (Å²) in [7, 11) is -0.897. The topological polar surface area (TPSA) is 18.5 Å². The second kappa shape index (κ2) is 4.96. The fourth-order valence-corrected chi connectivity index (χ4v) is 2.63. The van der Waals surface area contributed by atoms with Gasteiger partial charge in [-0.2, -0.15) is 0 Å². The molecule has 0 spiro atoms. The fourth-order valence-electron chi connectivity index (χ4n) is 2.63. The molecule has 21 heavy (non-hydrogen) atoms.